The second kappa shape index (κ2) is 8.64. The first-order valence-electron chi connectivity index (χ1n) is 7.91. The van der Waals surface area contributed by atoms with Crippen LogP contribution in [0.25, 0.3) is 0 Å². The molecule has 0 unspecified atom stereocenters. The molecule has 0 saturated heterocycles. The zero-order valence-electron chi connectivity index (χ0n) is 13.9. The molecule has 0 saturated carbocycles. The van der Waals surface area contributed by atoms with Crippen molar-refractivity contribution >= 4 is 16.0 Å². The van der Waals surface area contributed by atoms with Gasteiger partial charge in [0.05, 0.1) is 4.90 Å². The number of rotatable bonds is 9. The number of carbonyl (C=O) groups is 1. The summed E-state index contributed by atoms with van der Waals surface area (Å²) in [5, 5.41) is 10.3. The predicted octanol–water partition coefficient (Wildman–Crippen LogP) is 1.99. The van der Waals surface area contributed by atoms with Gasteiger partial charge in [0.15, 0.2) is 0 Å². The SMILES string of the molecule is Cc1ccccc1Oc1ccc(S(=O)(=O)NCCCCC(=O)[O-])cc1. The second-order valence-corrected chi connectivity index (χ2v) is 7.33. The van der Waals surface area contributed by atoms with Crippen molar-refractivity contribution in [3.63, 3.8) is 0 Å². The smallest absolute Gasteiger partial charge is 0.240 e. The molecule has 7 heteroatoms. The van der Waals surface area contributed by atoms with Crippen molar-refractivity contribution in [1.82, 2.24) is 4.72 Å². The third-order valence-electron chi connectivity index (χ3n) is 3.56. The van der Waals surface area contributed by atoms with Crippen molar-refractivity contribution < 1.29 is 23.1 Å². The van der Waals surface area contributed by atoms with Crippen LogP contribution in [0.5, 0.6) is 11.5 Å². The molecule has 2 rings (SSSR count). The third kappa shape index (κ3) is 5.88. The van der Waals surface area contributed by atoms with Gasteiger partial charge in [-0.3, -0.25) is 0 Å². The van der Waals surface area contributed by atoms with Crippen LogP contribution in [-0.4, -0.2) is 20.9 Å². The van der Waals surface area contributed by atoms with Crippen molar-refractivity contribution in [2.75, 3.05) is 6.54 Å². The second-order valence-electron chi connectivity index (χ2n) is 5.57. The minimum Gasteiger partial charge on any atom is -0.550 e. The molecular weight excluding hydrogens is 342 g/mol. The van der Waals surface area contributed by atoms with Gasteiger partial charge in [-0.25, -0.2) is 13.1 Å². The molecule has 0 aromatic heterocycles. The lowest BCUT2D eigenvalue weighted by Crippen LogP contribution is -2.26. The number of sulfonamides is 1. The fourth-order valence-electron chi connectivity index (χ4n) is 2.17. The summed E-state index contributed by atoms with van der Waals surface area (Å²) in [4.78, 5) is 10.4. The zero-order valence-corrected chi connectivity index (χ0v) is 14.7. The third-order valence-corrected chi connectivity index (χ3v) is 5.03. The topological polar surface area (TPSA) is 95.5 Å². The Morgan fingerprint density at radius 1 is 1.08 bits per heavy atom. The van der Waals surface area contributed by atoms with Crippen molar-refractivity contribution in [2.24, 2.45) is 0 Å². The maximum absolute atomic E-state index is 12.2. The maximum Gasteiger partial charge on any atom is 0.240 e. The molecule has 2 aromatic carbocycles. The van der Waals surface area contributed by atoms with Crippen LogP contribution in [0.1, 0.15) is 24.8 Å². The molecule has 0 spiro atoms. The van der Waals surface area contributed by atoms with Crippen molar-refractivity contribution in [3.8, 4) is 11.5 Å². The van der Waals surface area contributed by atoms with E-state index in [0.29, 0.717) is 24.3 Å². The number of hydrogen-bond acceptors (Lipinski definition) is 5. The van der Waals surface area contributed by atoms with Gasteiger partial charge in [-0.05, 0) is 62.1 Å². The summed E-state index contributed by atoms with van der Waals surface area (Å²) < 4.78 is 32.5. The first-order chi connectivity index (χ1) is 11.9. The lowest BCUT2D eigenvalue weighted by molar-refractivity contribution is -0.305. The maximum atomic E-state index is 12.2. The molecule has 0 atom stereocenters. The minimum atomic E-state index is -3.63. The highest BCUT2D eigenvalue weighted by Gasteiger charge is 2.13. The van der Waals surface area contributed by atoms with Crippen molar-refractivity contribution in [2.45, 2.75) is 31.1 Å². The molecule has 0 aliphatic rings. The van der Waals surface area contributed by atoms with E-state index in [9.17, 15) is 18.3 Å². The lowest BCUT2D eigenvalue weighted by Gasteiger charge is -2.10. The van der Waals surface area contributed by atoms with Crippen LogP contribution >= 0.6 is 0 Å². The molecule has 0 fully saturated rings. The predicted molar refractivity (Wildman–Crippen MR) is 91.7 cm³/mol. The van der Waals surface area contributed by atoms with Gasteiger partial charge in [0.25, 0.3) is 0 Å². The fourth-order valence-corrected chi connectivity index (χ4v) is 3.24. The highest BCUT2D eigenvalue weighted by atomic mass is 32.2. The average molecular weight is 362 g/mol. The van der Waals surface area contributed by atoms with E-state index >= 15 is 0 Å². The molecule has 0 heterocycles. The zero-order chi connectivity index (χ0) is 18.3. The van der Waals surface area contributed by atoms with Crippen LogP contribution in [0.15, 0.2) is 53.4 Å². The molecule has 0 bridgehead atoms. The Balaban J connectivity index is 1.94. The molecule has 0 radical (unpaired) electrons. The molecule has 0 aliphatic carbocycles. The van der Waals surface area contributed by atoms with E-state index in [1.54, 1.807) is 12.1 Å². The van der Waals surface area contributed by atoms with Crippen LogP contribution in [-0.2, 0) is 14.8 Å². The number of para-hydroxylation sites is 1. The molecule has 134 valence electrons. The largest absolute Gasteiger partial charge is 0.550 e. The molecule has 0 amide bonds. The van der Waals surface area contributed by atoms with Gasteiger partial charge in [0.2, 0.25) is 10.0 Å². The highest BCUT2D eigenvalue weighted by Crippen LogP contribution is 2.25. The first-order valence-corrected chi connectivity index (χ1v) is 9.40. The number of hydrogen-bond donors (Lipinski definition) is 1. The van der Waals surface area contributed by atoms with Gasteiger partial charge < -0.3 is 14.6 Å². The molecule has 2 aromatic rings. The number of benzene rings is 2. The van der Waals surface area contributed by atoms with E-state index in [1.165, 1.54) is 12.1 Å². The monoisotopic (exact) mass is 362 g/mol. The Labute approximate surface area is 147 Å². The highest BCUT2D eigenvalue weighted by molar-refractivity contribution is 7.89. The summed E-state index contributed by atoms with van der Waals surface area (Å²) >= 11 is 0. The minimum absolute atomic E-state index is 0.0767. The quantitative estimate of drug-likeness (QED) is 0.688. The summed E-state index contributed by atoms with van der Waals surface area (Å²) in [5.41, 5.74) is 0.984. The summed E-state index contributed by atoms with van der Waals surface area (Å²) in [7, 11) is -3.63. The number of carboxylic acid groups (broad SMARTS) is 1. The summed E-state index contributed by atoms with van der Waals surface area (Å²) in [5.74, 6) is 0.124. The van der Waals surface area contributed by atoms with Gasteiger partial charge in [0.1, 0.15) is 11.5 Å². The van der Waals surface area contributed by atoms with Crippen molar-refractivity contribution in [3.05, 3.63) is 54.1 Å². The van der Waals surface area contributed by atoms with Gasteiger partial charge in [0, 0.05) is 12.5 Å². The van der Waals surface area contributed by atoms with Gasteiger partial charge in [-0.2, -0.15) is 0 Å². The Morgan fingerprint density at radius 3 is 2.40 bits per heavy atom. The normalized spacial score (nSPS) is 11.2. The van der Waals surface area contributed by atoms with Crippen LogP contribution in [0.3, 0.4) is 0 Å². The van der Waals surface area contributed by atoms with Crippen LogP contribution < -0.4 is 14.6 Å². The van der Waals surface area contributed by atoms with Gasteiger partial charge in [-0.1, -0.05) is 18.2 Å². The lowest BCUT2D eigenvalue weighted by atomic mass is 10.2. The number of ether oxygens (including phenoxy) is 1. The fraction of sp³-hybridized carbons (Fsp3) is 0.278. The van der Waals surface area contributed by atoms with Crippen LogP contribution in [0.4, 0.5) is 0 Å². The van der Waals surface area contributed by atoms with E-state index in [1.807, 2.05) is 31.2 Å². The van der Waals surface area contributed by atoms with Gasteiger partial charge >= 0.3 is 0 Å². The number of carboxylic acids is 1. The Kier molecular flexibility index (Phi) is 6.55. The standard InChI is InChI=1S/C18H21NO5S/c1-14-6-2-3-7-17(14)24-15-9-11-16(12-10-15)25(22,23)19-13-5-4-8-18(20)21/h2-3,6-7,9-12,19H,4-5,8,13H2,1H3,(H,20,21)/p-1. The number of aryl methyl sites for hydroxylation is 1. The van der Waals surface area contributed by atoms with Gasteiger partial charge in [-0.15, -0.1) is 0 Å². The number of carbonyl (C=O) groups excluding carboxylic acids is 1. The van der Waals surface area contributed by atoms with Crippen LogP contribution in [0, 0.1) is 6.92 Å². The van der Waals surface area contributed by atoms with E-state index in [0.717, 1.165) is 5.56 Å². The van der Waals surface area contributed by atoms with E-state index in [-0.39, 0.29) is 17.9 Å². The molecule has 6 nitrogen and oxygen atoms in total. The molecule has 25 heavy (non-hydrogen) atoms. The van der Waals surface area contributed by atoms with E-state index in [2.05, 4.69) is 4.72 Å². The average Bonchev–Trinajstić information content (AvgIpc) is 2.57. The van der Waals surface area contributed by atoms with E-state index < -0.39 is 16.0 Å². The molecule has 0 aliphatic heterocycles. The number of nitrogens with one attached hydrogen (secondary N) is 1. The Bertz CT molecular complexity index is 816. The first kappa shape index (κ1) is 19.0. The molecule has 1 N–H and O–H groups in total. The van der Waals surface area contributed by atoms with E-state index in [4.69, 9.17) is 4.74 Å². The molecular formula is C18H20NO5S-. The summed E-state index contributed by atoms with van der Waals surface area (Å²) in [6.07, 6.45) is 0.725. The summed E-state index contributed by atoms with van der Waals surface area (Å²) in [6.45, 7) is 2.11. The Hall–Kier alpha value is -2.38. The van der Waals surface area contributed by atoms with Crippen molar-refractivity contribution in [1.29, 1.82) is 0 Å². The Morgan fingerprint density at radius 2 is 1.76 bits per heavy atom. The van der Waals surface area contributed by atoms with Crippen LogP contribution in [0.2, 0.25) is 0 Å². The number of aliphatic carboxylic acids is 1. The summed E-state index contributed by atoms with van der Waals surface area (Å²) in [6, 6.07) is 13.7. The number of unbranched alkanes of at least 4 members (excludes halogenated alkanes) is 1.